The summed E-state index contributed by atoms with van der Waals surface area (Å²) in [5.41, 5.74) is -0.0872. The maximum absolute atomic E-state index is 11.4. The van der Waals surface area contributed by atoms with Gasteiger partial charge in [-0.2, -0.15) is 0 Å². The molecule has 0 aliphatic rings. The molecule has 0 saturated carbocycles. The highest BCUT2D eigenvalue weighted by atomic mass is 16.6. The lowest BCUT2D eigenvalue weighted by molar-refractivity contribution is -0.160. The maximum atomic E-state index is 11.4. The smallest absolute Gasteiger partial charge is 0.337 e. The number of hydrogen-bond acceptors (Lipinski definition) is 7. The van der Waals surface area contributed by atoms with Crippen LogP contribution in [0.25, 0.3) is 0 Å². The molecule has 0 spiro atoms. The molecule has 1 aromatic rings. The van der Waals surface area contributed by atoms with E-state index in [0.717, 1.165) is 0 Å². The highest BCUT2D eigenvalue weighted by Crippen LogP contribution is 2.13. The van der Waals surface area contributed by atoms with Crippen LogP contribution in [0.1, 0.15) is 31.1 Å². The Hall–Kier alpha value is -2.12. The van der Waals surface area contributed by atoms with Crippen molar-refractivity contribution >= 4 is 11.9 Å². The molecule has 0 fully saturated rings. The van der Waals surface area contributed by atoms with Gasteiger partial charge in [0.05, 0.1) is 32.5 Å². The van der Waals surface area contributed by atoms with Crippen LogP contribution in [0.15, 0.2) is 24.3 Å². The minimum Gasteiger partial charge on any atom is -0.491 e. The predicted molar refractivity (Wildman–Crippen MR) is 90.8 cm³/mol. The van der Waals surface area contributed by atoms with Crippen molar-refractivity contribution in [3.05, 3.63) is 29.8 Å². The lowest BCUT2D eigenvalue weighted by Crippen LogP contribution is -2.27. The Morgan fingerprint density at radius 1 is 1.00 bits per heavy atom. The first-order valence-electron chi connectivity index (χ1n) is 8.00. The zero-order valence-electron chi connectivity index (χ0n) is 15.2. The molecule has 0 aliphatic heterocycles. The second kappa shape index (κ2) is 10.7. The Bertz CT molecular complexity index is 549. The molecule has 0 bridgehead atoms. The fourth-order valence-corrected chi connectivity index (χ4v) is 1.80. The lowest BCUT2D eigenvalue weighted by Gasteiger charge is -2.19. The normalized spacial score (nSPS) is 11.0. The van der Waals surface area contributed by atoms with Gasteiger partial charge >= 0.3 is 11.9 Å². The van der Waals surface area contributed by atoms with E-state index in [2.05, 4.69) is 4.74 Å². The molecule has 7 heteroatoms. The summed E-state index contributed by atoms with van der Waals surface area (Å²) in [7, 11) is 1.33. The standard InChI is InChI=1S/C18H26O7/c1-18(2,3)25-16(19)13-23-9-8-22-10-11-24-15-7-5-6-14(12-15)17(20)21-4/h5-7,12H,8-11,13H2,1-4H3. The molecule has 1 aromatic carbocycles. The van der Waals surface area contributed by atoms with E-state index in [-0.39, 0.29) is 13.2 Å². The van der Waals surface area contributed by atoms with Gasteiger partial charge in [-0.05, 0) is 39.0 Å². The first-order chi connectivity index (χ1) is 11.8. The molecule has 0 aromatic heterocycles. The van der Waals surface area contributed by atoms with Gasteiger partial charge in [0.25, 0.3) is 0 Å². The van der Waals surface area contributed by atoms with Gasteiger partial charge in [-0.3, -0.25) is 0 Å². The van der Waals surface area contributed by atoms with E-state index < -0.39 is 17.5 Å². The Labute approximate surface area is 148 Å². The van der Waals surface area contributed by atoms with E-state index >= 15 is 0 Å². The molecule has 0 radical (unpaired) electrons. The van der Waals surface area contributed by atoms with Gasteiger partial charge < -0.3 is 23.7 Å². The SMILES string of the molecule is COC(=O)c1cccc(OCCOCCOCC(=O)OC(C)(C)C)c1. The fourth-order valence-electron chi connectivity index (χ4n) is 1.80. The van der Waals surface area contributed by atoms with E-state index in [1.165, 1.54) is 7.11 Å². The van der Waals surface area contributed by atoms with Gasteiger partial charge in [0, 0.05) is 0 Å². The molecule has 0 saturated heterocycles. The number of methoxy groups -OCH3 is 1. The summed E-state index contributed by atoms with van der Waals surface area (Å²) in [6.07, 6.45) is 0. The molecule has 140 valence electrons. The summed E-state index contributed by atoms with van der Waals surface area (Å²) < 4.78 is 25.8. The summed E-state index contributed by atoms with van der Waals surface area (Å²) in [5, 5.41) is 0. The Balaban J connectivity index is 2.09. The van der Waals surface area contributed by atoms with Crippen molar-refractivity contribution in [1.29, 1.82) is 0 Å². The molecule has 0 amide bonds. The Kier molecular flexibility index (Phi) is 8.94. The van der Waals surface area contributed by atoms with Crippen molar-refractivity contribution in [2.24, 2.45) is 0 Å². The molecule has 7 nitrogen and oxygen atoms in total. The van der Waals surface area contributed by atoms with E-state index in [4.69, 9.17) is 18.9 Å². The zero-order valence-corrected chi connectivity index (χ0v) is 15.2. The summed E-state index contributed by atoms with van der Waals surface area (Å²) in [5.74, 6) is -0.252. The third kappa shape index (κ3) is 9.69. The number of benzene rings is 1. The van der Waals surface area contributed by atoms with Crippen molar-refractivity contribution in [2.75, 3.05) is 40.1 Å². The number of hydrogen-bond donors (Lipinski definition) is 0. The van der Waals surface area contributed by atoms with Crippen molar-refractivity contribution in [2.45, 2.75) is 26.4 Å². The number of ether oxygens (including phenoxy) is 5. The molecule has 0 N–H and O–H groups in total. The van der Waals surface area contributed by atoms with Crippen molar-refractivity contribution in [3.63, 3.8) is 0 Å². The zero-order chi connectivity index (χ0) is 18.7. The van der Waals surface area contributed by atoms with Crippen LogP contribution >= 0.6 is 0 Å². The lowest BCUT2D eigenvalue weighted by atomic mass is 10.2. The van der Waals surface area contributed by atoms with Crippen LogP contribution in [0, 0.1) is 0 Å². The van der Waals surface area contributed by atoms with Crippen molar-refractivity contribution in [3.8, 4) is 5.75 Å². The maximum Gasteiger partial charge on any atom is 0.337 e. The Morgan fingerprint density at radius 3 is 2.36 bits per heavy atom. The fraction of sp³-hybridized carbons (Fsp3) is 0.556. The molecule has 0 atom stereocenters. The predicted octanol–water partition coefficient (Wildman–Crippen LogP) is 2.23. The number of rotatable bonds is 10. The van der Waals surface area contributed by atoms with Gasteiger partial charge in [-0.1, -0.05) is 6.07 Å². The number of esters is 2. The van der Waals surface area contributed by atoms with Crippen LogP contribution in [0.5, 0.6) is 5.75 Å². The molecular formula is C18H26O7. The molecule has 25 heavy (non-hydrogen) atoms. The molecule has 0 unspecified atom stereocenters. The minimum atomic E-state index is -0.514. The monoisotopic (exact) mass is 354 g/mol. The van der Waals surface area contributed by atoms with Gasteiger partial charge in [0.15, 0.2) is 0 Å². The summed E-state index contributed by atoms with van der Waals surface area (Å²) in [4.78, 5) is 22.8. The number of carbonyl (C=O) groups excluding carboxylic acids is 2. The topological polar surface area (TPSA) is 80.3 Å². The largest absolute Gasteiger partial charge is 0.491 e. The van der Waals surface area contributed by atoms with Crippen molar-refractivity contribution < 1.29 is 33.3 Å². The highest BCUT2D eigenvalue weighted by Gasteiger charge is 2.15. The highest BCUT2D eigenvalue weighted by molar-refractivity contribution is 5.89. The molecule has 0 heterocycles. The summed E-state index contributed by atoms with van der Waals surface area (Å²) in [6.45, 7) is 6.62. The quantitative estimate of drug-likeness (QED) is 0.471. The van der Waals surface area contributed by atoms with E-state index in [9.17, 15) is 9.59 Å². The first kappa shape index (κ1) is 20.9. The van der Waals surface area contributed by atoms with Crippen LogP contribution in [0.2, 0.25) is 0 Å². The van der Waals surface area contributed by atoms with Gasteiger partial charge in [0.1, 0.15) is 24.6 Å². The first-order valence-corrected chi connectivity index (χ1v) is 8.00. The minimum absolute atomic E-state index is 0.0998. The van der Waals surface area contributed by atoms with E-state index in [1.54, 1.807) is 45.0 Å². The molecular weight excluding hydrogens is 328 g/mol. The van der Waals surface area contributed by atoms with Crippen LogP contribution in [-0.4, -0.2) is 57.7 Å². The van der Waals surface area contributed by atoms with Crippen molar-refractivity contribution in [1.82, 2.24) is 0 Å². The summed E-state index contributed by atoms with van der Waals surface area (Å²) in [6, 6.07) is 6.72. The van der Waals surface area contributed by atoms with Gasteiger partial charge in [-0.25, -0.2) is 9.59 Å². The van der Waals surface area contributed by atoms with Gasteiger partial charge in [0.2, 0.25) is 0 Å². The van der Waals surface area contributed by atoms with Gasteiger partial charge in [-0.15, -0.1) is 0 Å². The number of carbonyl (C=O) groups is 2. The van der Waals surface area contributed by atoms with Crippen LogP contribution in [-0.2, 0) is 23.7 Å². The average molecular weight is 354 g/mol. The molecule has 1 rings (SSSR count). The van der Waals surface area contributed by atoms with Crippen LogP contribution in [0.3, 0.4) is 0 Å². The summed E-state index contributed by atoms with van der Waals surface area (Å²) >= 11 is 0. The second-order valence-corrected chi connectivity index (χ2v) is 6.12. The third-order valence-corrected chi connectivity index (χ3v) is 2.76. The van der Waals surface area contributed by atoms with E-state index in [1.807, 2.05) is 0 Å². The second-order valence-electron chi connectivity index (χ2n) is 6.12. The Morgan fingerprint density at radius 2 is 1.68 bits per heavy atom. The average Bonchev–Trinajstić information content (AvgIpc) is 2.55. The van der Waals surface area contributed by atoms with E-state index in [0.29, 0.717) is 31.1 Å². The third-order valence-electron chi connectivity index (χ3n) is 2.76. The van der Waals surface area contributed by atoms with Crippen LogP contribution < -0.4 is 4.74 Å². The molecule has 0 aliphatic carbocycles. The van der Waals surface area contributed by atoms with Crippen LogP contribution in [0.4, 0.5) is 0 Å².